The highest BCUT2D eigenvalue weighted by Gasteiger charge is 2.49. The molecule has 7 heteroatoms. The Morgan fingerprint density at radius 3 is 2.66 bits per heavy atom. The molecule has 0 radical (unpaired) electrons. The fraction of sp³-hybridized carbons (Fsp3) is 0.464. The van der Waals surface area contributed by atoms with E-state index in [1.807, 2.05) is 60.0 Å². The summed E-state index contributed by atoms with van der Waals surface area (Å²) in [6.45, 7) is 7.18. The average Bonchev–Trinajstić information content (AvgIpc) is 3.21. The van der Waals surface area contributed by atoms with Gasteiger partial charge in [0.05, 0.1) is 17.6 Å². The number of hydrogen-bond acceptors (Lipinski definition) is 3. The first-order valence-corrected chi connectivity index (χ1v) is 13.0. The smallest absolute Gasteiger partial charge is 0.290 e. The topological polar surface area (TPSA) is 67.2 Å². The lowest BCUT2D eigenvalue weighted by atomic mass is 9.77. The predicted octanol–water partition coefficient (Wildman–Crippen LogP) is 5.09. The van der Waals surface area contributed by atoms with Crippen LogP contribution in [0, 0.1) is 11.8 Å². The molecule has 1 fully saturated rings. The van der Waals surface area contributed by atoms with Crippen LogP contribution in [0.25, 0.3) is 11.0 Å². The largest absolute Gasteiger partial charge is 0.351 e. The highest BCUT2D eigenvalue weighted by molar-refractivity contribution is 6.30. The van der Waals surface area contributed by atoms with E-state index in [-0.39, 0.29) is 17.9 Å². The van der Waals surface area contributed by atoms with Crippen LogP contribution >= 0.6 is 11.6 Å². The third-order valence-corrected chi connectivity index (χ3v) is 8.45. The summed E-state index contributed by atoms with van der Waals surface area (Å²) in [7, 11) is 0. The lowest BCUT2D eigenvalue weighted by molar-refractivity contribution is -0.134. The Morgan fingerprint density at radius 2 is 1.89 bits per heavy atom. The third kappa shape index (κ3) is 4.33. The van der Waals surface area contributed by atoms with Gasteiger partial charge in [0.25, 0.3) is 5.91 Å². The Kier molecular flexibility index (Phi) is 6.34. The fourth-order valence-electron chi connectivity index (χ4n) is 5.68. The van der Waals surface area contributed by atoms with E-state index < -0.39 is 5.54 Å². The number of carbonyl (C=O) groups is 2. The summed E-state index contributed by atoms with van der Waals surface area (Å²) in [5.41, 5.74) is 1.69. The quantitative estimate of drug-likeness (QED) is 0.539. The Morgan fingerprint density at radius 1 is 1.14 bits per heavy atom. The van der Waals surface area contributed by atoms with Gasteiger partial charge in [-0.15, -0.1) is 0 Å². The number of benzene rings is 2. The van der Waals surface area contributed by atoms with E-state index in [1.54, 1.807) is 4.90 Å². The predicted molar refractivity (Wildman–Crippen MR) is 138 cm³/mol. The minimum atomic E-state index is -1.03. The molecule has 0 saturated heterocycles. The van der Waals surface area contributed by atoms with Gasteiger partial charge in [0.15, 0.2) is 5.82 Å². The summed E-state index contributed by atoms with van der Waals surface area (Å²) in [6.07, 6.45) is 3.91. The van der Waals surface area contributed by atoms with Crippen molar-refractivity contribution in [1.82, 2.24) is 19.8 Å². The number of halogens is 1. The summed E-state index contributed by atoms with van der Waals surface area (Å²) in [6, 6.07) is 15.5. The molecule has 35 heavy (non-hydrogen) atoms. The summed E-state index contributed by atoms with van der Waals surface area (Å²) in [4.78, 5) is 34.2. The zero-order chi connectivity index (χ0) is 24.7. The van der Waals surface area contributed by atoms with Gasteiger partial charge in [0.1, 0.15) is 5.54 Å². The number of fused-ring (bicyclic) bond motifs is 3. The van der Waals surface area contributed by atoms with Crippen LogP contribution in [-0.4, -0.2) is 44.4 Å². The number of carbonyl (C=O) groups excluding carboxylic acids is 2. The summed E-state index contributed by atoms with van der Waals surface area (Å²) in [5, 5.41) is 4.03. The molecule has 1 aliphatic heterocycles. The van der Waals surface area contributed by atoms with Crippen LogP contribution in [0.4, 0.5) is 0 Å². The number of nitrogens with one attached hydrogen (secondary N) is 1. The van der Waals surface area contributed by atoms with Crippen LogP contribution in [0.5, 0.6) is 0 Å². The van der Waals surface area contributed by atoms with Crippen molar-refractivity contribution >= 4 is 34.4 Å². The SMILES string of the molecule is C[C@@H]1[C@H](C)CCC[C@@H]1NC(=O)[C@]1(C)Cn2c(nc3ccccc32)C(=O)N1CCc1ccc(Cl)cc1. The van der Waals surface area contributed by atoms with Gasteiger partial charge in [0, 0.05) is 17.6 Å². The van der Waals surface area contributed by atoms with Crippen molar-refractivity contribution in [3.05, 3.63) is 64.9 Å². The maximum absolute atomic E-state index is 14.0. The summed E-state index contributed by atoms with van der Waals surface area (Å²) >= 11 is 6.05. The molecule has 1 aromatic heterocycles. The molecule has 2 aliphatic rings. The number of amides is 2. The maximum Gasteiger partial charge on any atom is 0.290 e. The number of aromatic nitrogens is 2. The molecule has 0 unspecified atom stereocenters. The van der Waals surface area contributed by atoms with Crippen LogP contribution in [0.2, 0.25) is 5.02 Å². The summed E-state index contributed by atoms with van der Waals surface area (Å²) in [5.74, 6) is 1.08. The highest BCUT2D eigenvalue weighted by atomic mass is 35.5. The molecule has 1 saturated carbocycles. The van der Waals surface area contributed by atoms with Gasteiger partial charge in [-0.3, -0.25) is 9.59 Å². The molecule has 4 atom stereocenters. The van der Waals surface area contributed by atoms with Gasteiger partial charge in [-0.25, -0.2) is 4.98 Å². The van der Waals surface area contributed by atoms with E-state index in [9.17, 15) is 9.59 Å². The Balaban J connectivity index is 1.48. The molecule has 3 aromatic rings. The lowest BCUT2D eigenvalue weighted by Crippen LogP contribution is -2.66. The lowest BCUT2D eigenvalue weighted by Gasteiger charge is -2.45. The second-order valence-electron chi connectivity index (χ2n) is 10.5. The van der Waals surface area contributed by atoms with Crippen molar-refractivity contribution in [2.24, 2.45) is 11.8 Å². The average molecular weight is 493 g/mol. The van der Waals surface area contributed by atoms with Crippen molar-refractivity contribution in [2.45, 2.75) is 64.6 Å². The monoisotopic (exact) mass is 492 g/mol. The van der Waals surface area contributed by atoms with E-state index in [0.29, 0.717) is 42.2 Å². The van der Waals surface area contributed by atoms with Gasteiger partial charge in [0.2, 0.25) is 5.91 Å². The van der Waals surface area contributed by atoms with Crippen molar-refractivity contribution in [2.75, 3.05) is 6.54 Å². The first-order chi connectivity index (χ1) is 16.8. The molecule has 1 N–H and O–H groups in total. The van der Waals surface area contributed by atoms with Crippen molar-refractivity contribution in [3.63, 3.8) is 0 Å². The highest BCUT2D eigenvalue weighted by Crippen LogP contribution is 2.33. The molecular weight excluding hydrogens is 460 g/mol. The molecular formula is C28H33ClN4O2. The van der Waals surface area contributed by atoms with E-state index >= 15 is 0 Å². The molecule has 0 bridgehead atoms. The molecule has 5 rings (SSSR count). The van der Waals surface area contributed by atoms with Crippen molar-refractivity contribution < 1.29 is 9.59 Å². The van der Waals surface area contributed by atoms with E-state index in [4.69, 9.17) is 11.6 Å². The maximum atomic E-state index is 14.0. The van der Waals surface area contributed by atoms with Crippen molar-refractivity contribution in [1.29, 1.82) is 0 Å². The third-order valence-electron chi connectivity index (χ3n) is 8.20. The van der Waals surface area contributed by atoms with Gasteiger partial charge >= 0.3 is 0 Å². The molecule has 6 nitrogen and oxygen atoms in total. The number of rotatable bonds is 5. The molecule has 1 aliphatic carbocycles. The molecule has 0 spiro atoms. The first-order valence-electron chi connectivity index (χ1n) is 12.6. The molecule has 2 amide bonds. The summed E-state index contributed by atoms with van der Waals surface area (Å²) < 4.78 is 1.92. The van der Waals surface area contributed by atoms with Crippen LogP contribution in [0.3, 0.4) is 0 Å². The Bertz CT molecular complexity index is 1250. The second-order valence-corrected chi connectivity index (χ2v) is 10.9. The zero-order valence-electron chi connectivity index (χ0n) is 20.6. The standard InChI is InChI=1S/C28H33ClN4O2/c1-18-7-6-9-22(19(18)2)31-27(35)28(3)17-32-24-10-5-4-8-23(24)30-25(32)26(34)33(28)16-15-20-11-13-21(29)14-12-20/h4-5,8,10-14,18-19,22H,6-7,9,15-17H2,1-3H3,(H,31,35)/t18-,19-,22+,28+/m1/s1. The molecule has 2 heterocycles. The van der Waals surface area contributed by atoms with Crippen LogP contribution < -0.4 is 5.32 Å². The normalized spacial score (nSPS) is 26.6. The first kappa shape index (κ1) is 23.9. The van der Waals surface area contributed by atoms with E-state index in [2.05, 4.69) is 24.1 Å². The van der Waals surface area contributed by atoms with Crippen LogP contribution in [-0.2, 0) is 17.8 Å². The van der Waals surface area contributed by atoms with E-state index in [0.717, 1.165) is 29.4 Å². The number of imidazole rings is 1. The Hall–Kier alpha value is -2.86. The van der Waals surface area contributed by atoms with Gasteiger partial charge < -0.3 is 14.8 Å². The van der Waals surface area contributed by atoms with Crippen LogP contribution in [0.15, 0.2) is 48.5 Å². The minimum Gasteiger partial charge on any atom is -0.351 e. The zero-order valence-corrected chi connectivity index (χ0v) is 21.4. The second kappa shape index (κ2) is 9.30. The Labute approximate surface area is 211 Å². The van der Waals surface area contributed by atoms with Crippen LogP contribution in [0.1, 0.15) is 56.2 Å². The number of nitrogens with zero attached hydrogens (tertiary/aromatic N) is 3. The van der Waals surface area contributed by atoms with Gasteiger partial charge in [-0.05, 0) is 61.4 Å². The minimum absolute atomic E-state index is 0.0867. The number of para-hydroxylation sites is 2. The van der Waals surface area contributed by atoms with Gasteiger partial charge in [-0.2, -0.15) is 0 Å². The number of hydrogen-bond donors (Lipinski definition) is 1. The van der Waals surface area contributed by atoms with E-state index in [1.165, 1.54) is 6.42 Å². The van der Waals surface area contributed by atoms with Gasteiger partial charge in [-0.1, -0.05) is 62.6 Å². The van der Waals surface area contributed by atoms with Crippen molar-refractivity contribution in [3.8, 4) is 0 Å². The molecule has 2 aromatic carbocycles. The molecule has 184 valence electrons. The fourth-order valence-corrected chi connectivity index (χ4v) is 5.81.